The van der Waals surface area contributed by atoms with Gasteiger partial charge in [-0.3, -0.25) is 38.5 Å². The monoisotopic (exact) mass is 1370 g/mol. The molecule has 4 atom stereocenters. The molecule has 10 bridgehead atoms. The van der Waals surface area contributed by atoms with Gasteiger partial charge in [0, 0.05) is 67.2 Å². The molecule has 3 unspecified atom stereocenters. The van der Waals surface area contributed by atoms with E-state index in [9.17, 15) is 53.7 Å². The Labute approximate surface area is 561 Å². The number of aromatic nitrogens is 7. The predicted molar refractivity (Wildman–Crippen MR) is 346 cm³/mol. The van der Waals surface area contributed by atoms with Crippen LogP contribution >= 0.6 is 68.0 Å². The predicted octanol–water partition coefficient (Wildman–Crippen LogP) is 9.15. The molecule has 482 valence electrons. The molecule has 0 spiro atoms. The van der Waals surface area contributed by atoms with Crippen LogP contribution in [0.2, 0.25) is 0 Å². The zero-order chi connectivity index (χ0) is 72.5. The first kappa shape index (κ1) is 56.4. The van der Waals surface area contributed by atoms with E-state index in [1.807, 2.05) is 13.8 Å². The molecule has 1 saturated carbocycles. The third kappa shape index (κ3) is 15.7. The molecule has 8 aromatic rings. The molecule has 0 radical (unpaired) electrons. The van der Waals surface area contributed by atoms with Gasteiger partial charge in [0.15, 0.2) is 0 Å². The van der Waals surface area contributed by atoms with E-state index in [0.717, 1.165) is 73.4 Å². The minimum Gasteiger partial charge on any atom is -0.481 e. The Kier molecular flexibility index (Phi) is 18.3. The number of hydrogen-bond acceptors (Lipinski definition) is 24. The van der Waals surface area contributed by atoms with Gasteiger partial charge in [0.05, 0.1) is 50.9 Å². The molecular formula is C60H63N13O13S6. The SMILES string of the molecule is [2H]C([2H])([13C](=O)O)C([2H])([2H])C([2H])([2H])C([2H])([2H])N(C(=O)OC1CCC(C(=O)O)CC1)c1csc(-c2ccc3c(n2)-c2csc(n2)-c2csc(n2)C([C@@H](O)c2ccccc2)NC(=O)CNC(=O)c2nc(sc2COC)C(C(C)C)NC(=O)c2nc(sc2C)C(CC(=O)NC)NC(=O)c2csc-3n2)n1. The van der Waals surface area contributed by atoms with Crippen LogP contribution in [0.25, 0.3) is 43.4 Å². The second-order valence-electron chi connectivity index (χ2n) is 21.0. The largest absolute Gasteiger partial charge is 0.481 e. The number of anilines is 1. The summed E-state index contributed by atoms with van der Waals surface area (Å²) in [6, 6.07) is 8.30. The Morgan fingerprint density at radius 1 is 0.717 bits per heavy atom. The molecule has 26 nitrogen and oxygen atoms in total. The maximum atomic E-state index is 14.5. The number of pyridine rings is 1. The van der Waals surface area contributed by atoms with E-state index < -0.39 is 122 Å². The highest BCUT2D eigenvalue weighted by Gasteiger charge is 2.35. The Morgan fingerprint density at radius 3 is 2.15 bits per heavy atom. The van der Waals surface area contributed by atoms with Crippen molar-refractivity contribution >= 4 is 121 Å². The van der Waals surface area contributed by atoms with Crippen LogP contribution in [0.4, 0.5) is 10.6 Å². The molecule has 6 amide bonds. The zero-order valence-electron chi connectivity index (χ0n) is 57.3. The highest BCUT2D eigenvalue weighted by atomic mass is 32.1. The van der Waals surface area contributed by atoms with Crippen LogP contribution in [0.15, 0.2) is 64.0 Å². The number of methoxy groups -OCH3 is 1. The second-order valence-corrected chi connectivity index (χ2v) is 26.8. The van der Waals surface area contributed by atoms with Crippen LogP contribution in [0.5, 0.6) is 0 Å². The normalized spacial score (nSPS) is 20.3. The summed E-state index contributed by atoms with van der Waals surface area (Å²) in [5, 5.41) is 52.1. The van der Waals surface area contributed by atoms with Crippen LogP contribution in [0.3, 0.4) is 0 Å². The van der Waals surface area contributed by atoms with Gasteiger partial charge in [0.25, 0.3) is 17.7 Å². The van der Waals surface area contributed by atoms with Crippen molar-refractivity contribution in [1.29, 1.82) is 0 Å². The van der Waals surface area contributed by atoms with Crippen LogP contribution < -0.4 is 31.5 Å². The number of aliphatic carboxylic acids is 2. The molecule has 1 aliphatic heterocycles. The first-order valence-electron chi connectivity index (χ1n) is 32.2. The van der Waals surface area contributed by atoms with Crippen molar-refractivity contribution in [2.24, 2.45) is 11.8 Å². The molecule has 32 heteroatoms. The Balaban J connectivity index is 1.08. The van der Waals surface area contributed by atoms with Crippen molar-refractivity contribution in [2.75, 3.05) is 32.1 Å². The van der Waals surface area contributed by atoms with E-state index in [2.05, 4.69) is 41.5 Å². The van der Waals surface area contributed by atoms with E-state index in [1.165, 1.54) is 31.7 Å². The maximum absolute atomic E-state index is 14.5. The number of hydrogen-bond donors (Lipinski definition) is 8. The van der Waals surface area contributed by atoms with Gasteiger partial charge >= 0.3 is 18.0 Å². The molecule has 1 aromatic carbocycles. The van der Waals surface area contributed by atoms with Gasteiger partial charge < -0.3 is 51.4 Å². The fourth-order valence-corrected chi connectivity index (χ4v) is 15.2. The number of benzene rings is 1. The molecule has 1 aliphatic carbocycles. The van der Waals surface area contributed by atoms with Crippen LogP contribution in [0, 0.1) is 18.8 Å². The number of carboxylic acid groups (broad SMARTS) is 2. The number of fused-ring (bicyclic) bond motifs is 14. The Hall–Kier alpha value is -8.37. The number of aliphatic hydroxyl groups is 1. The van der Waals surface area contributed by atoms with Crippen molar-refractivity contribution in [3.05, 3.63) is 111 Å². The van der Waals surface area contributed by atoms with Crippen molar-refractivity contribution in [1.82, 2.24) is 61.5 Å². The minimum absolute atomic E-state index is 0.00765. The molecule has 2 aliphatic rings. The molecule has 8 heterocycles. The number of carbonyl (C=O) groups excluding carboxylic acids is 6. The third-order valence-corrected chi connectivity index (χ3v) is 20.1. The minimum atomic E-state index is -4.22. The lowest BCUT2D eigenvalue weighted by atomic mass is 9.87. The molecule has 7 aromatic heterocycles. The van der Waals surface area contributed by atoms with Gasteiger partial charge in [-0.1, -0.05) is 44.2 Å². The standard InChI is InChI=1S/C60H63N13O13S6/c1-28(2)44-58-72-47(39(92-58)23-85-5)51(80)62-22-42(75)69-48(49(78)30-11-7-6-8-12-30)57-67-38(26-89-57)55-65-36(24-88-55)46-33(53-66-37(25-87-53)50(79)64-35(21-41(74)61-4)56-71-45(29(3)91-56)52(81)70-44)18-19-34(63-46)54-68-40(27-90-54)73(20-10-9-13-43(76)77)60(84)86-32-16-14-31(15-17-32)59(82)83/h6-8,11-12,18-19,24-28,31-32,35,44,48-49,78H,9-10,13-17,20-23H2,1-5H3,(H,61,74)(H,62,80)(H,64,79)(H,69,75)(H,70,81)(H,76,77)(H,82,83)/t31?,32?,35?,44?,48?,49-/m0/s1/i9D2,10D2,13D2,20D2,43+1. The number of aryl methyl sites for hydroxylation is 1. The van der Waals surface area contributed by atoms with Gasteiger partial charge in [-0.15, -0.1) is 68.0 Å². The molecule has 92 heavy (non-hydrogen) atoms. The van der Waals surface area contributed by atoms with Crippen LogP contribution in [0.1, 0.15) is 162 Å². The molecule has 0 saturated heterocycles. The zero-order valence-corrected chi connectivity index (χ0v) is 54.2. The molecular weight excluding hydrogens is 1300 g/mol. The second kappa shape index (κ2) is 29.9. The fraction of sp³-hybridized carbons (Fsp3) is 0.383. The van der Waals surface area contributed by atoms with Crippen molar-refractivity contribution in [3.8, 4) is 43.4 Å². The van der Waals surface area contributed by atoms with Crippen molar-refractivity contribution in [2.45, 2.75) is 109 Å². The van der Waals surface area contributed by atoms with E-state index in [1.54, 1.807) is 48.0 Å². The number of rotatable bonds is 16. The lowest BCUT2D eigenvalue weighted by molar-refractivity contribution is -0.143. The summed E-state index contributed by atoms with van der Waals surface area (Å²) in [4.78, 5) is 142. The highest BCUT2D eigenvalue weighted by Crippen LogP contribution is 2.41. The summed E-state index contributed by atoms with van der Waals surface area (Å²) in [6.45, 7) is 0.648. The van der Waals surface area contributed by atoms with Crippen molar-refractivity contribution < 1.29 is 74.1 Å². The first-order chi connectivity index (χ1) is 47.3. The topological polar surface area (TPSA) is 369 Å². The van der Waals surface area contributed by atoms with E-state index >= 15 is 0 Å². The van der Waals surface area contributed by atoms with Gasteiger partial charge in [-0.25, -0.2) is 39.7 Å². The molecule has 8 N–H and O–H groups in total. The summed E-state index contributed by atoms with van der Waals surface area (Å²) < 4.78 is 80.0. The summed E-state index contributed by atoms with van der Waals surface area (Å²) in [5.74, 6) is -8.75. The lowest BCUT2D eigenvalue weighted by Gasteiger charge is -2.28. The van der Waals surface area contributed by atoms with Gasteiger partial charge in [-0.2, -0.15) is 0 Å². The number of amides is 6. The summed E-state index contributed by atoms with van der Waals surface area (Å²) in [7, 11) is 2.84. The first-order valence-corrected chi connectivity index (χ1v) is 33.3. The van der Waals surface area contributed by atoms with Crippen LogP contribution in [-0.4, -0.2) is 131 Å². The summed E-state index contributed by atoms with van der Waals surface area (Å²) in [6.07, 6.45) is -16.9. The van der Waals surface area contributed by atoms with Gasteiger partial charge in [0.2, 0.25) is 11.8 Å². The number of carbonyl (C=O) groups is 8. The third-order valence-electron chi connectivity index (χ3n) is 14.3. The quantitative estimate of drug-likeness (QED) is 0.0418. The Bertz CT molecular complexity index is 4420. The average molecular weight is 1380 g/mol. The van der Waals surface area contributed by atoms with E-state index in [4.69, 9.17) is 40.4 Å². The molecule has 10 rings (SSSR count). The van der Waals surface area contributed by atoms with Crippen LogP contribution in [-0.2, 0) is 35.3 Å². The van der Waals surface area contributed by atoms with Gasteiger partial charge in [-0.05, 0) is 69.0 Å². The number of ether oxygens (including phenoxy) is 2. The smallest absolute Gasteiger partial charge is 0.415 e. The summed E-state index contributed by atoms with van der Waals surface area (Å²) >= 11 is 6.09. The van der Waals surface area contributed by atoms with Gasteiger partial charge in [0.1, 0.15) is 88.3 Å². The number of thiazole rings is 6. The number of carboxylic acids is 2. The number of aliphatic hydroxyl groups excluding tert-OH is 1. The van der Waals surface area contributed by atoms with E-state index in [0.29, 0.717) is 20.3 Å². The van der Waals surface area contributed by atoms with Crippen molar-refractivity contribution in [3.63, 3.8) is 0 Å². The molecule has 1 fully saturated rings. The fourth-order valence-electron chi connectivity index (χ4n) is 9.67. The Morgan fingerprint density at radius 2 is 1.42 bits per heavy atom. The summed E-state index contributed by atoms with van der Waals surface area (Å²) in [5.41, 5.74) is 0.926. The number of nitrogens with one attached hydrogen (secondary N) is 5. The maximum Gasteiger partial charge on any atom is 0.415 e. The highest BCUT2D eigenvalue weighted by molar-refractivity contribution is 7.15. The number of nitrogens with zero attached hydrogens (tertiary/aromatic N) is 8. The lowest BCUT2D eigenvalue weighted by Crippen LogP contribution is -2.40. The average Bonchev–Trinajstić information content (AvgIpc) is 0.849. The van der Waals surface area contributed by atoms with E-state index in [-0.39, 0.29) is 120 Å².